The van der Waals surface area contributed by atoms with Gasteiger partial charge in [-0.1, -0.05) is 6.92 Å². The van der Waals surface area contributed by atoms with Crippen molar-refractivity contribution in [1.82, 2.24) is 4.98 Å². The Bertz CT molecular complexity index is 344. The fourth-order valence-corrected chi connectivity index (χ4v) is 2.14. The van der Waals surface area contributed by atoms with Crippen LogP contribution in [-0.4, -0.2) is 29.3 Å². The van der Waals surface area contributed by atoms with Gasteiger partial charge in [-0.2, -0.15) is 0 Å². The van der Waals surface area contributed by atoms with E-state index < -0.39 is 0 Å². The Morgan fingerprint density at radius 1 is 1.47 bits per heavy atom. The molecule has 4 nitrogen and oxygen atoms in total. The zero-order valence-electron chi connectivity index (χ0n) is 10.3. The van der Waals surface area contributed by atoms with Crippen LogP contribution in [0.5, 0.6) is 0 Å². The van der Waals surface area contributed by atoms with Gasteiger partial charge in [-0.05, 0) is 31.4 Å². The topological polar surface area (TPSA) is 62.4 Å². The van der Waals surface area contributed by atoms with Crippen LogP contribution in [0.1, 0.15) is 37.9 Å². The predicted molar refractivity (Wildman–Crippen MR) is 68.9 cm³/mol. The van der Waals surface area contributed by atoms with Crippen LogP contribution >= 0.6 is 0 Å². The fraction of sp³-hybridized carbons (Fsp3) is 0.615. The molecular weight excluding hydrogens is 214 g/mol. The molecule has 1 unspecified atom stereocenters. The second-order valence-electron chi connectivity index (χ2n) is 4.67. The first-order valence-corrected chi connectivity index (χ1v) is 6.35. The zero-order valence-corrected chi connectivity index (χ0v) is 10.3. The van der Waals surface area contributed by atoms with E-state index in [1.54, 1.807) is 0 Å². The van der Waals surface area contributed by atoms with Gasteiger partial charge >= 0.3 is 0 Å². The Labute approximate surface area is 102 Å². The molecule has 1 aliphatic rings. The molecule has 1 aromatic heterocycles. The Kier molecular flexibility index (Phi) is 3.97. The van der Waals surface area contributed by atoms with E-state index in [0.717, 1.165) is 43.7 Å². The molecule has 0 bridgehead atoms. The molecule has 2 rings (SSSR count). The van der Waals surface area contributed by atoms with E-state index in [4.69, 9.17) is 5.73 Å². The second-order valence-corrected chi connectivity index (χ2v) is 4.67. The third-order valence-electron chi connectivity index (χ3n) is 3.42. The smallest absolute Gasteiger partial charge is 0.0574 e. The van der Waals surface area contributed by atoms with E-state index in [9.17, 15) is 5.11 Å². The predicted octanol–water partition coefficient (Wildman–Crippen LogP) is 1.45. The Morgan fingerprint density at radius 3 is 2.71 bits per heavy atom. The molecule has 1 aromatic rings. The first-order chi connectivity index (χ1) is 8.20. The molecule has 0 amide bonds. The number of hydrogen-bond acceptors (Lipinski definition) is 4. The first kappa shape index (κ1) is 12.3. The Morgan fingerprint density at radius 2 is 2.18 bits per heavy atom. The highest BCUT2D eigenvalue weighted by Gasteiger charge is 2.17. The molecule has 0 aliphatic carbocycles. The molecule has 3 N–H and O–H groups in total. The molecule has 1 saturated heterocycles. The van der Waals surface area contributed by atoms with Gasteiger partial charge in [0.15, 0.2) is 0 Å². The van der Waals surface area contributed by atoms with E-state index in [-0.39, 0.29) is 12.1 Å². The van der Waals surface area contributed by atoms with Gasteiger partial charge in [-0.3, -0.25) is 4.98 Å². The summed E-state index contributed by atoms with van der Waals surface area (Å²) in [6, 6.07) is 4.12. The van der Waals surface area contributed by atoms with Crippen molar-refractivity contribution in [3.63, 3.8) is 0 Å². The van der Waals surface area contributed by atoms with Gasteiger partial charge in [0.2, 0.25) is 0 Å². The summed E-state index contributed by atoms with van der Waals surface area (Å²) in [6.07, 6.45) is 4.35. The molecule has 4 heteroatoms. The minimum Gasteiger partial charge on any atom is -0.393 e. The zero-order chi connectivity index (χ0) is 12.3. The number of aromatic nitrogens is 1. The van der Waals surface area contributed by atoms with E-state index in [1.165, 1.54) is 0 Å². The molecule has 0 saturated carbocycles. The van der Waals surface area contributed by atoms with E-state index in [1.807, 2.05) is 12.3 Å². The summed E-state index contributed by atoms with van der Waals surface area (Å²) in [6.45, 7) is 3.87. The van der Waals surface area contributed by atoms with E-state index in [0.29, 0.717) is 0 Å². The van der Waals surface area contributed by atoms with Gasteiger partial charge in [-0.25, -0.2) is 0 Å². The SMILES string of the molecule is CCC(N)c1ccc(N2CCC(O)CC2)cn1. The summed E-state index contributed by atoms with van der Waals surface area (Å²) in [5, 5.41) is 9.46. The van der Waals surface area contributed by atoms with Crippen LogP contribution in [0.15, 0.2) is 18.3 Å². The molecular formula is C13H21N3O. The molecule has 0 aromatic carbocycles. The minimum absolute atomic E-state index is 0.0345. The Hall–Kier alpha value is -1.13. The van der Waals surface area contributed by atoms with Crippen molar-refractivity contribution in [3.8, 4) is 0 Å². The van der Waals surface area contributed by atoms with Crippen molar-refractivity contribution in [2.24, 2.45) is 5.73 Å². The van der Waals surface area contributed by atoms with Gasteiger partial charge in [0.1, 0.15) is 0 Å². The van der Waals surface area contributed by atoms with Gasteiger partial charge in [-0.15, -0.1) is 0 Å². The third kappa shape index (κ3) is 2.96. The van der Waals surface area contributed by atoms with Gasteiger partial charge < -0.3 is 15.7 Å². The van der Waals surface area contributed by atoms with Crippen LogP contribution < -0.4 is 10.6 Å². The lowest BCUT2D eigenvalue weighted by Gasteiger charge is -2.31. The van der Waals surface area contributed by atoms with Crippen molar-refractivity contribution in [1.29, 1.82) is 0 Å². The van der Waals surface area contributed by atoms with Crippen LogP contribution in [0, 0.1) is 0 Å². The maximum atomic E-state index is 9.46. The largest absolute Gasteiger partial charge is 0.393 e. The molecule has 1 fully saturated rings. The summed E-state index contributed by atoms with van der Waals surface area (Å²) in [4.78, 5) is 6.68. The van der Waals surface area contributed by atoms with Crippen molar-refractivity contribution in [2.75, 3.05) is 18.0 Å². The van der Waals surface area contributed by atoms with Crippen molar-refractivity contribution in [2.45, 2.75) is 38.3 Å². The number of piperidine rings is 1. The number of pyridine rings is 1. The number of nitrogens with zero attached hydrogens (tertiary/aromatic N) is 2. The van der Waals surface area contributed by atoms with Crippen LogP contribution in [0.2, 0.25) is 0 Å². The standard InChI is InChI=1S/C13H21N3O/c1-2-12(14)13-4-3-10(9-15-13)16-7-5-11(17)6-8-16/h3-4,9,11-12,17H,2,5-8,14H2,1H3. The molecule has 0 spiro atoms. The lowest BCUT2D eigenvalue weighted by molar-refractivity contribution is 0.145. The summed E-state index contributed by atoms with van der Waals surface area (Å²) in [7, 11) is 0. The van der Waals surface area contributed by atoms with Crippen LogP contribution in [0.25, 0.3) is 0 Å². The molecule has 2 heterocycles. The van der Waals surface area contributed by atoms with Crippen molar-refractivity contribution >= 4 is 5.69 Å². The lowest BCUT2D eigenvalue weighted by Crippen LogP contribution is -2.35. The molecule has 17 heavy (non-hydrogen) atoms. The van der Waals surface area contributed by atoms with Crippen molar-refractivity contribution in [3.05, 3.63) is 24.0 Å². The molecule has 0 radical (unpaired) electrons. The Balaban J connectivity index is 2.02. The number of aliphatic hydroxyl groups is 1. The summed E-state index contributed by atoms with van der Waals surface area (Å²) in [5.74, 6) is 0. The number of aliphatic hydroxyl groups excluding tert-OH is 1. The number of hydrogen-bond donors (Lipinski definition) is 2. The highest BCUT2D eigenvalue weighted by atomic mass is 16.3. The van der Waals surface area contributed by atoms with Crippen LogP contribution in [0.3, 0.4) is 0 Å². The van der Waals surface area contributed by atoms with Gasteiger partial charge in [0.25, 0.3) is 0 Å². The van der Waals surface area contributed by atoms with Crippen LogP contribution in [-0.2, 0) is 0 Å². The van der Waals surface area contributed by atoms with Gasteiger partial charge in [0.05, 0.1) is 23.7 Å². The van der Waals surface area contributed by atoms with E-state index >= 15 is 0 Å². The number of anilines is 1. The lowest BCUT2D eigenvalue weighted by atomic mass is 10.1. The quantitative estimate of drug-likeness (QED) is 0.832. The highest BCUT2D eigenvalue weighted by Crippen LogP contribution is 2.20. The summed E-state index contributed by atoms with van der Waals surface area (Å²) < 4.78 is 0. The summed E-state index contributed by atoms with van der Waals surface area (Å²) in [5.41, 5.74) is 8.01. The van der Waals surface area contributed by atoms with E-state index in [2.05, 4.69) is 22.9 Å². The maximum absolute atomic E-state index is 9.46. The maximum Gasteiger partial charge on any atom is 0.0574 e. The highest BCUT2D eigenvalue weighted by molar-refractivity contribution is 5.45. The number of nitrogens with two attached hydrogens (primary N) is 1. The minimum atomic E-state index is -0.132. The summed E-state index contributed by atoms with van der Waals surface area (Å²) >= 11 is 0. The van der Waals surface area contributed by atoms with Crippen molar-refractivity contribution < 1.29 is 5.11 Å². The average Bonchev–Trinajstić information content (AvgIpc) is 2.39. The van der Waals surface area contributed by atoms with Gasteiger partial charge in [0, 0.05) is 19.1 Å². The third-order valence-corrected chi connectivity index (χ3v) is 3.42. The normalized spacial score (nSPS) is 19.4. The average molecular weight is 235 g/mol. The first-order valence-electron chi connectivity index (χ1n) is 6.35. The molecule has 94 valence electrons. The second kappa shape index (κ2) is 5.47. The van der Waals surface area contributed by atoms with Crippen LogP contribution in [0.4, 0.5) is 5.69 Å². The molecule has 1 atom stereocenters. The fourth-order valence-electron chi connectivity index (χ4n) is 2.14. The monoisotopic (exact) mass is 235 g/mol. The molecule has 1 aliphatic heterocycles. The number of rotatable bonds is 3.